The minimum Gasteiger partial charge on any atom is -0.352 e. The Balaban J connectivity index is 1.97. The molecule has 5 nitrogen and oxygen atoms in total. The molecule has 1 amide bonds. The number of nitrogens with one attached hydrogen (secondary N) is 2. The van der Waals surface area contributed by atoms with Crippen molar-refractivity contribution in [3.8, 4) is 0 Å². The molecule has 2 rings (SSSR count). The van der Waals surface area contributed by atoms with Crippen molar-refractivity contribution in [1.29, 1.82) is 0 Å². The third-order valence-corrected chi connectivity index (χ3v) is 6.76. The molecule has 2 N–H and O–H groups in total. The van der Waals surface area contributed by atoms with E-state index >= 15 is 0 Å². The van der Waals surface area contributed by atoms with Gasteiger partial charge in [0, 0.05) is 11.4 Å². The Morgan fingerprint density at radius 3 is 2.40 bits per heavy atom. The fourth-order valence-corrected chi connectivity index (χ4v) is 4.82. The Morgan fingerprint density at radius 1 is 1.20 bits per heavy atom. The number of amides is 1. The molecule has 1 aliphatic carbocycles. The fraction of sp³-hybridized carbons (Fsp3) is 0.550. The van der Waals surface area contributed by atoms with E-state index < -0.39 is 34.1 Å². The molecule has 1 aliphatic rings. The summed E-state index contributed by atoms with van der Waals surface area (Å²) < 4.78 is 65.7. The zero-order valence-corrected chi connectivity index (χ0v) is 18.3. The number of benzene rings is 1. The van der Waals surface area contributed by atoms with Gasteiger partial charge in [-0.15, -0.1) is 0 Å². The number of rotatable bonds is 9. The van der Waals surface area contributed by atoms with Crippen LogP contribution in [0, 0.1) is 5.92 Å². The van der Waals surface area contributed by atoms with Gasteiger partial charge in [-0.05, 0) is 55.8 Å². The van der Waals surface area contributed by atoms with Gasteiger partial charge in [0.2, 0.25) is 15.9 Å². The predicted octanol–water partition coefficient (Wildman–Crippen LogP) is 3.94. The molecule has 10 heteroatoms. The third-order valence-electron chi connectivity index (χ3n) is 5.01. The van der Waals surface area contributed by atoms with Gasteiger partial charge in [-0.25, -0.2) is 8.42 Å². The van der Waals surface area contributed by atoms with Gasteiger partial charge in [-0.2, -0.15) is 29.7 Å². The first-order valence-corrected chi connectivity index (χ1v) is 12.7. The number of halogens is 3. The Kier molecular flexibility index (Phi) is 9.24. The van der Waals surface area contributed by atoms with Crippen LogP contribution in [0.2, 0.25) is 0 Å². The van der Waals surface area contributed by atoms with E-state index in [0.717, 1.165) is 5.41 Å². The highest BCUT2D eigenvalue weighted by Crippen LogP contribution is 2.37. The number of carbonyl (C=O) groups is 1. The largest absolute Gasteiger partial charge is 0.391 e. The summed E-state index contributed by atoms with van der Waals surface area (Å²) in [6, 6.07) is 7.52. The summed E-state index contributed by atoms with van der Waals surface area (Å²) in [6.07, 6.45) is -0.260. The van der Waals surface area contributed by atoms with Gasteiger partial charge in [-0.1, -0.05) is 30.3 Å². The molecular formula is C20H27F3N2O3S2. The average molecular weight is 465 g/mol. The molecule has 0 saturated heterocycles. The monoisotopic (exact) mass is 464 g/mol. The summed E-state index contributed by atoms with van der Waals surface area (Å²) >= 11 is 1.47. The second-order valence-corrected chi connectivity index (χ2v) is 9.89. The van der Waals surface area contributed by atoms with Gasteiger partial charge < -0.3 is 5.32 Å². The van der Waals surface area contributed by atoms with Crippen LogP contribution in [0.3, 0.4) is 0 Å². The second kappa shape index (κ2) is 11.2. The maximum atomic E-state index is 12.8. The first-order chi connectivity index (χ1) is 14.1. The van der Waals surface area contributed by atoms with E-state index in [4.69, 9.17) is 0 Å². The van der Waals surface area contributed by atoms with Crippen molar-refractivity contribution < 1.29 is 26.4 Å². The standard InChI is InChI=1S/C20H27F3N2O3S2/c1-29-13-11-18(25-30(27,28)14-12-15-5-3-2-4-6-15)19(26)24-17-9-7-16(8-10-17)20(21,22)23/h2-6,12,14,16-18,25H,7-11,13H2,1H3,(H,24,26)/b14-12+. The minimum absolute atomic E-state index is 0.0323. The highest BCUT2D eigenvalue weighted by atomic mass is 32.2. The lowest BCUT2D eigenvalue weighted by Crippen LogP contribution is -2.50. The van der Waals surface area contributed by atoms with E-state index in [1.54, 1.807) is 24.3 Å². The van der Waals surface area contributed by atoms with E-state index in [9.17, 15) is 26.4 Å². The van der Waals surface area contributed by atoms with Crippen LogP contribution in [0.15, 0.2) is 35.7 Å². The number of hydrogen-bond acceptors (Lipinski definition) is 4. The first kappa shape index (κ1) is 24.7. The van der Waals surface area contributed by atoms with Gasteiger partial charge >= 0.3 is 6.18 Å². The van der Waals surface area contributed by atoms with Gasteiger partial charge in [0.15, 0.2) is 0 Å². The number of carbonyl (C=O) groups excluding carboxylic acids is 1. The summed E-state index contributed by atoms with van der Waals surface area (Å²) in [5.74, 6) is -1.28. The van der Waals surface area contributed by atoms with E-state index in [2.05, 4.69) is 10.0 Å². The van der Waals surface area contributed by atoms with Crippen molar-refractivity contribution >= 4 is 33.8 Å². The van der Waals surface area contributed by atoms with Gasteiger partial charge in [0.05, 0.1) is 5.92 Å². The minimum atomic E-state index is -4.21. The van der Waals surface area contributed by atoms with Gasteiger partial charge in [0.25, 0.3) is 0 Å². The Bertz CT molecular complexity index is 806. The van der Waals surface area contributed by atoms with Crippen LogP contribution in [0.25, 0.3) is 6.08 Å². The molecule has 30 heavy (non-hydrogen) atoms. The van der Waals surface area contributed by atoms with Crippen LogP contribution < -0.4 is 10.0 Å². The number of sulfonamides is 1. The van der Waals surface area contributed by atoms with E-state index in [1.807, 2.05) is 12.3 Å². The van der Waals surface area contributed by atoms with Crippen LogP contribution >= 0.6 is 11.8 Å². The molecule has 0 aromatic heterocycles. The van der Waals surface area contributed by atoms with Crippen molar-refractivity contribution in [1.82, 2.24) is 10.0 Å². The summed E-state index contributed by atoms with van der Waals surface area (Å²) in [4.78, 5) is 12.7. The average Bonchev–Trinajstić information content (AvgIpc) is 2.70. The molecule has 0 bridgehead atoms. The normalized spacial score (nSPS) is 21.5. The Hall–Kier alpha value is -1.52. The number of hydrogen-bond donors (Lipinski definition) is 2. The topological polar surface area (TPSA) is 75.3 Å². The molecular weight excluding hydrogens is 437 g/mol. The van der Waals surface area contributed by atoms with Crippen molar-refractivity contribution in [2.24, 2.45) is 5.92 Å². The molecule has 0 heterocycles. The van der Waals surface area contributed by atoms with Crippen molar-refractivity contribution in [2.75, 3.05) is 12.0 Å². The summed E-state index contributed by atoms with van der Waals surface area (Å²) in [5.41, 5.74) is 0.703. The lowest BCUT2D eigenvalue weighted by Gasteiger charge is -2.31. The molecule has 0 radical (unpaired) electrons. The van der Waals surface area contributed by atoms with Crippen LogP contribution in [0.5, 0.6) is 0 Å². The van der Waals surface area contributed by atoms with E-state index in [-0.39, 0.29) is 38.1 Å². The number of thioether (sulfide) groups is 1. The molecule has 1 aromatic rings. The molecule has 0 aliphatic heterocycles. The predicted molar refractivity (Wildman–Crippen MR) is 114 cm³/mol. The van der Waals surface area contributed by atoms with Crippen molar-refractivity contribution in [3.05, 3.63) is 41.3 Å². The fourth-order valence-electron chi connectivity index (χ4n) is 3.32. The molecule has 1 unspecified atom stereocenters. The molecule has 1 fully saturated rings. The van der Waals surface area contributed by atoms with Crippen molar-refractivity contribution in [2.45, 2.75) is 50.4 Å². The van der Waals surface area contributed by atoms with Gasteiger partial charge in [-0.3, -0.25) is 4.79 Å². The molecule has 1 saturated carbocycles. The van der Waals surface area contributed by atoms with Crippen LogP contribution in [-0.4, -0.2) is 44.6 Å². The molecule has 0 spiro atoms. The Labute approximate surface area is 179 Å². The third kappa shape index (κ3) is 8.31. The Morgan fingerprint density at radius 2 is 1.83 bits per heavy atom. The summed E-state index contributed by atoms with van der Waals surface area (Å²) in [7, 11) is -3.87. The maximum absolute atomic E-state index is 12.8. The number of alkyl halides is 3. The van der Waals surface area contributed by atoms with Crippen LogP contribution in [0.1, 0.15) is 37.7 Å². The second-order valence-electron chi connectivity index (χ2n) is 7.31. The van der Waals surface area contributed by atoms with E-state index in [0.29, 0.717) is 11.3 Å². The molecule has 168 valence electrons. The zero-order valence-electron chi connectivity index (χ0n) is 16.7. The molecule has 1 atom stereocenters. The first-order valence-electron chi connectivity index (χ1n) is 9.72. The highest BCUT2D eigenvalue weighted by molar-refractivity contribution is 7.98. The van der Waals surface area contributed by atoms with E-state index in [1.165, 1.54) is 17.8 Å². The zero-order chi connectivity index (χ0) is 22.2. The van der Waals surface area contributed by atoms with Gasteiger partial charge in [0.1, 0.15) is 6.04 Å². The lowest BCUT2D eigenvalue weighted by atomic mass is 9.85. The lowest BCUT2D eigenvalue weighted by molar-refractivity contribution is -0.182. The maximum Gasteiger partial charge on any atom is 0.391 e. The molecule has 1 aromatic carbocycles. The SMILES string of the molecule is CSCCC(NS(=O)(=O)/C=C/c1ccccc1)C(=O)NC1CCC(C(F)(F)F)CC1. The summed E-state index contributed by atoms with van der Waals surface area (Å²) in [6.45, 7) is 0. The van der Waals surface area contributed by atoms with Crippen LogP contribution in [-0.2, 0) is 14.8 Å². The van der Waals surface area contributed by atoms with Crippen LogP contribution in [0.4, 0.5) is 13.2 Å². The summed E-state index contributed by atoms with van der Waals surface area (Å²) in [5, 5.41) is 3.74. The van der Waals surface area contributed by atoms with Crippen molar-refractivity contribution in [3.63, 3.8) is 0 Å². The highest BCUT2D eigenvalue weighted by Gasteiger charge is 2.41. The smallest absolute Gasteiger partial charge is 0.352 e. The quantitative estimate of drug-likeness (QED) is 0.581.